The van der Waals surface area contributed by atoms with Gasteiger partial charge < -0.3 is 5.32 Å². The Morgan fingerprint density at radius 2 is 2.33 bits per heavy atom. The molecule has 15 heavy (non-hydrogen) atoms. The van der Waals surface area contributed by atoms with Crippen molar-refractivity contribution in [3.8, 4) is 0 Å². The summed E-state index contributed by atoms with van der Waals surface area (Å²) in [4.78, 5) is 0. The lowest BCUT2D eigenvalue weighted by Crippen LogP contribution is -2.06. The number of aryl methyl sites for hydroxylation is 2. The minimum Gasteiger partial charge on any atom is -0.353 e. The van der Waals surface area contributed by atoms with Crippen LogP contribution in [0, 0.1) is 6.92 Å². The summed E-state index contributed by atoms with van der Waals surface area (Å²) in [6.07, 6.45) is 2.02. The monoisotopic (exact) mass is 223 g/mol. The molecule has 0 radical (unpaired) electrons. The van der Waals surface area contributed by atoms with E-state index < -0.39 is 0 Å². The van der Waals surface area contributed by atoms with Gasteiger partial charge in [0.2, 0.25) is 5.13 Å². The van der Waals surface area contributed by atoms with Crippen LogP contribution in [0.15, 0.2) is 11.7 Å². The van der Waals surface area contributed by atoms with Gasteiger partial charge >= 0.3 is 0 Å². The molecule has 0 fully saturated rings. The van der Waals surface area contributed by atoms with Gasteiger partial charge in [-0.15, -0.1) is 10.2 Å². The number of nitrogens with zero attached hydrogens (tertiary/aromatic N) is 4. The molecular formula is C9H13N5S. The van der Waals surface area contributed by atoms with E-state index in [0.29, 0.717) is 0 Å². The first-order valence-corrected chi connectivity index (χ1v) is 5.57. The molecule has 80 valence electrons. The van der Waals surface area contributed by atoms with Crippen LogP contribution in [0.3, 0.4) is 0 Å². The van der Waals surface area contributed by atoms with E-state index in [9.17, 15) is 0 Å². The molecule has 0 bridgehead atoms. The van der Waals surface area contributed by atoms with E-state index >= 15 is 0 Å². The minimum atomic E-state index is 0.201. The number of hydrogen-bond donors (Lipinski definition) is 1. The van der Waals surface area contributed by atoms with Gasteiger partial charge in [0, 0.05) is 18.8 Å². The molecule has 5 nitrogen and oxygen atoms in total. The van der Waals surface area contributed by atoms with Crippen LogP contribution in [-0.4, -0.2) is 20.0 Å². The van der Waals surface area contributed by atoms with Crippen LogP contribution >= 0.6 is 11.3 Å². The van der Waals surface area contributed by atoms with Crippen LogP contribution in [0.5, 0.6) is 0 Å². The average molecular weight is 223 g/mol. The molecular weight excluding hydrogens is 210 g/mol. The van der Waals surface area contributed by atoms with Crippen molar-refractivity contribution in [2.75, 3.05) is 5.32 Å². The third kappa shape index (κ3) is 2.15. The number of hydrogen-bond acceptors (Lipinski definition) is 5. The molecule has 0 aliphatic heterocycles. The maximum atomic E-state index is 4.31. The molecule has 0 spiro atoms. The highest BCUT2D eigenvalue weighted by Gasteiger charge is 2.12. The molecule has 0 amide bonds. The number of aromatic nitrogens is 4. The second-order valence-electron chi connectivity index (χ2n) is 3.45. The molecule has 0 aliphatic rings. The third-order valence-electron chi connectivity index (χ3n) is 2.22. The Morgan fingerprint density at radius 1 is 1.53 bits per heavy atom. The van der Waals surface area contributed by atoms with Crippen molar-refractivity contribution in [1.82, 2.24) is 20.0 Å². The molecule has 6 heteroatoms. The number of rotatable bonds is 3. The summed E-state index contributed by atoms with van der Waals surface area (Å²) in [5.74, 6) is 0. The molecule has 2 aromatic rings. The molecule has 0 aliphatic carbocycles. The van der Waals surface area contributed by atoms with E-state index in [4.69, 9.17) is 0 Å². The van der Waals surface area contributed by atoms with E-state index in [1.54, 1.807) is 5.51 Å². The van der Waals surface area contributed by atoms with Crippen molar-refractivity contribution in [3.05, 3.63) is 23.0 Å². The fraction of sp³-hybridized carbons (Fsp3) is 0.444. The molecule has 0 saturated carbocycles. The summed E-state index contributed by atoms with van der Waals surface area (Å²) in [6, 6.07) is 0.201. The van der Waals surface area contributed by atoms with Crippen molar-refractivity contribution in [2.24, 2.45) is 7.05 Å². The van der Waals surface area contributed by atoms with Crippen LogP contribution < -0.4 is 5.32 Å². The fourth-order valence-corrected chi connectivity index (χ4v) is 2.08. The van der Waals surface area contributed by atoms with Gasteiger partial charge in [0.1, 0.15) is 5.51 Å². The molecule has 0 aromatic carbocycles. The van der Waals surface area contributed by atoms with E-state index in [0.717, 1.165) is 10.8 Å². The van der Waals surface area contributed by atoms with Gasteiger partial charge in [0.15, 0.2) is 0 Å². The first-order chi connectivity index (χ1) is 7.16. The normalized spacial score (nSPS) is 12.7. The van der Waals surface area contributed by atoms with E-state index in [-0.39, 0.29) is 6.04 Å². The number of nitrogens with one attached hydrogen (secondary N) is 1. The van der Waals surface area contributed by atoms with Crippen molar-refractivity contribution in [3.63, 3.8) is 0 Å². The summed E-state index contributed by atoms with van der Waals surface area (Å²) in [7, 11) is 1.92. The highest BCUT2D eigenvalue weighted by molar-refractivity contribution is 7.13. The van der Waals surface area contributed by atoms with Crippen molar-refractivity contribution in [2.45, 2.75) is 19.9 Å². The van der Waals surface area contributed by atoms with Crippen molar-refractivity contribution in [1.29, 1.82) is 0 Å². The Balaban J connectivity index is 2.14. The fourth-order valence-electron chi connectivity index (χ4n) is 1.54. The Labute approximate surface area is 92.2 Å². The summed E-state index contributed by atoms with van der Waals surface area (Å²) in [5.41, 5.74) is 3.94. The Morgan fingerprint density at radius 3 is 2.87 bits per heavy atom. The predicted molar refractivity (Wildman–Crippen MR) is 59.9 cm³/mol. The Bertz CT molecular complexity index is 433. The molecule has 2 aromatic heterocycles. The summed E-state index contributed by atoms with van der Waals surface area (Å²) < 4.78 is 1.82. The minimum absolute atomic E-state index is 0.201. The zero-order chi connectivity index (χ0) is 10.8. The standard InChI is InChI=1S/C9H13N5S/c1-6(11-9-12-10-5-15-9)8-4-14(3)13-7(8)2/h4-6H,1-3H3,(H,11,12). The summed E-state index contributed by atoms with van der Waals surface area (Å²) in [6.45, 7) is 4.10. The average Bonchev–Trinajstić information content (AvgIpc) is 2.75. The first-order valence-electron chi connectivity index (χ1n) is 4.69. The lowest BCUT2D eigenvalue weighted by atomic mass is 10.1. The second kappa shape index (κ2) is 3.98. The van der Waals surface area contributed by atoms with Gasteiger partial charge in [0.05, 0.1) is 11.7 Å². The van der Waals surface area contributed by atoms with Crippen molar-refractivity contribution >= 4 is 16.5 Å². The van der Waals surface area contributed by atoms with Gasteiger partial charge in [-0.3, -0.25) is 4.68 Å². The van der Waals surface area contributed by atoms with Gasteiger partial charge in [-0.05, 0) is 13.8 Å². The maximum absolute atomic E-state index is 4.31. The predicted octanol–water partition coefficient (Wildman–Crippen LogP) is 1.75. The zero-order valence-electron chi connectivity index (χ0n) is 8.93. The Kier molecular flexibility index (Phi) is 2.68. The highest BCUT2D eigenvalue weighted by atomic mass is 32.1. The van der Waals surface area contributed by atoms with Crippen molar-refractivity contribution < 1.29 is 0 Å². The molecule has 1 N–H and O–H groups in total. The van der Waals surface area contributed by atoms with Crippen LogP contribution in [-0.2, 0) is 7.05 Å². The Hall–Kier alpha value is -1.43. The molecule has 0 saturated heterocycles. The van der Waals surface area contributed by atoms with Crippen LogP contribution in [0.1, 0.15) is 24.2 Å². The maximum Gasteiger partial charge on any atom is 0.205 e. The van der Waals surface area contributed by atoms with Crippen LogP contribution in [0.2, 0.25) is 0 Å². The largest absolute Gasteiger partial charge is 0.353 e. The van der Waals surface area contributed by atoms with Gasteiger partial charge in [-0.25, -0.2) is 0 Å². The first kappa shape index (κ1) is 10.1. The molecule has 2 heterocycles. The van der Waals surface area contributed by atoms with E-state index in [2.05, 4.69) is 27.5 Å². The molecule has 1 atom stereocenters. The highest BCUT2D eigenvalue weighted by Crippen LogP contribution is 2.21. The quantitative estimate of drug-likeness (QED) is 0.861. The number of anilines is 1. The smallest absolute Gasteiger partial charge is 0.205 e. The third-order valence-corrected chi connectivity index (χ3v) is 2.84. The summed E-state index contributed by atoms with van der Waals surface area (Å²) >= 11 is 1.50. The van der Waals surface area contributed by atoms with Gasteiger partial charge in [-0.2, -0.15) is 5.10 Å². The van der Waals surface area contributed by atoms with Gasteiger partial charge in [-0.1, -0.05) is 11.3 Å². The van der Waals surface area contributed by atoms with E-state index in [1.807, 2.05) is 24.9 Å². The zero-order valence-corrected chi connectivity index (χ0v) is 9.75. The van der Waals surface area contributed by atoms with Crippen LogP contribution in [0.4, 0.5) is 5.13 Å². The SMILES string of the molecule is Cc1nn(C)cc1C(C)Nc1nncs1. The van der Waals surface area contributed by atoms with Gasteiger partial charge in [0.25, 0.3) is 0 Å². The molecule has 2 rings (SSSR count). The summed E-state index contributed by atoms with van der Waals surface area (Å²) in [5, 5.41) is 16.2. The lowest BCUT2D eigenvalue weighted by Gasteiger charge is -2.10. The lowest BCUT2D eigenvalue weighted by molar-refractivity contribution is 0.756. The second-order valence-corrected chi connectivity index (χ2v) is 4.29. The van der Waals surface area contributed by atoms with Crippen LogP contribution in [0.25, 0.3) is 0 Å². The van der Waals surface area contributed by atoms with E-state index in [1.165, 1.54) is 16.9 Å². The topological polar surface area (TPSA) is 55.6 Å². The molecule has 1 unspecified atom stereocenters.